The van der Waals surface area contributed by atoms with Crippen LogP contribution in [-0.4, -0.2) is 12.1 Å². The van der Waals surface area contributed by atoms with Gasteiger partial charge in [-0.3, -0.25) is 0 Å². The van der Waals surface area contributed by atoms with Crippen molar-refractivity contribution in [3.05, 3.63) is 29.3 Å². The lowest BCUT2D eigenvalue weighted by Gasteiger charge is -1.99. The molecule has 0 saturated heterocycles. The van der Waals surface area contributed by atoms with Gasteiger partial charge >= 0.3 is 7.12 Å². The van der Waals surface area contributed by atoms with E-state index in [0.717, 1.165) is 11.0 Å². The fourth-order valence-electron chi connectivity index (χ4n) is 1.41. The lowest BCUT2D eigenvalue weighted by atomic mass is 9.79. The van der Waals surface area contributed by atoms with Gasteiger partial charge in [-0.05, 0) is 23.5 Å². The molecule has 2 nitrogen and oxygen atoms in total. The van der Waals surface area contributed by atoms with E-state index in [1.54, 1.807) is 0 Å². The highest BCUT2D eigenvalue weighted by Gasteiger charge is 2.27. The molecule has 56 valence electrons. The summed E-state index contributed by atoms with van der Waals surface area (Å²) in [7, 11) is -0.704. The number of benzene rings is 1. The third-order valence-electron chi connectivity index (χ3n) is 2.10. The Morgan fingerprint density at radius 1 is 1.55 bits per heavy atom. The van der Waals surface area contributed by atoms with Crippen molar-refractivity contribution >= 4 is 12.6 Å². The van der Waals surface area contributed by atoms with Gasteiger partial charge in [0.25, 0.3) is 0 Å². The lowest BCUT2D eigenvalue weighted by Crippen LogP contribution is -2.27. The van der Waals surface area contributed by atoms with E-state index in [4.69, 9.17) is 4.65 Å². The van der Waals surface area contributed by atoms with Crippen molar-refractivity contribution in [2.75, 3.05) is 0 Å². The first-order valence-corrected chi connectivity index (χ1v) is 3.67. The summed E-state index contributed by atoms with van der Waals surface area (Å²) in [4.78, 5) is 0. The van der Waals surface area contributed by atoms with Gasteiger partial charge in [-0.15, -0.1) is 0 Å². The highest BCUT2D eigenvalue weighted by molar-refractivity contribution is 6.61. The van der Waals surface area contributed by atoms with Gasteiger partial charge < -0.3 is 9.68 Å². The fourth-order valence-corrected chi connectivity index (χ4v) is 1.41. The van der Waals surface area contributed by atoms with Crippen molar-refractivity contribution in [3.8, 4) is 0 Å². The Bertz CT molecular complexity index is 285. The molecule has 0 aromatic heterocycles. The monoisotopic (exact) mass is 148 g/mol. The predicted octanol–water partition coefficient (Wildman–Crippen LogP) is 0.213. The maximum Gasteiger partial charge on any atom is 0.491 e. The molecule has 0 atom stereocenters. The molecular weight excluding hydrogens is 139 g/mol. The minimum absolute atomic E-state index is 0.545. The minimum atomic E-state index is -0.704. The second kappa shape index (κ2) is 2.36. The van der Waals surface area contributed by atoms with Gasteiger partial charge in [0.1, 0.15) is 0 Å². The number of aryl methyl sites for hydroxylation is 1. The summed E-state index contributed by atoms with van der Waals surface area (Å²) >= 11 is 0. The van der Waals surface area contributed by atoms with Crippen LogP contribution in [0, 0.1) is 6.92 Å². The number of fused-ring (bicyclic) bond motifs is 1. The summed E-state index contributed by atoms with van der Waals surface area (Å²) in [6.45, 7) is 2.57. The van der Waals surface area contributed by atoms with Crippen LogP contribution in [0.15, 0.2) is 18.2 Å². The molecule has 0 radical (unpaired) electrons. The van der Waals surface area contributed by atoms with Crippen molar-refractivity contribution in [1.82, 2.24) is 0 Å². The van der Waals surface area contributed by atoms with Crippen molar-refractivity contribution < 1.29 is 9.68 Å². The van der Waals surface area contributed by atoms with Crippen LogP contribution in [0.4, 0.5) is 0 Å². The van der Waals surface area contributed by atoms with Gasteiger partial charge in [0.15, 0.2) is 0 Å². The Hall–Kier alpha value is -0.795. The standard InChI is InChI=1S/C8H9BO2/c1-6-3-2-4-8-7(6)5-11-9(8)10/h2-4,10H,5H2,1H3. The van der Waals surface area contributed by atoms with Crippen LogP contribution in [0.25, 0.3) is 0 Å². The summed E-state index contributed by atoms with van der Waals surface area (Å²) in [6.07, 6.45) is 0. The maximum absolute atomic E-state index is 9.28. The van der Waals surface area contributed by atoms with E-state index in [1.165, 1.54) is 5.56 Å². The molecule has 0 unspecified atom stereocenters. The molecule has 1 aromatic rings. The third kappa shape index (κ3) is 0.969. The van der Waals surface area contributed by atoms with Crippen LogP contribution < -0.4 is 5.46 Å². The van der Waals surface area contributed by atoms with E-state index in [1.807, 2.05) is 25.1 Å². The van der Waals surface area contributed by atoms with E-state index >= 15 is 0 Å². The molecule has 1 aliphatic heterocycles. The molecule has 1 heterocycles. The topological polar surface area (TPSA) is 29.5 Å². The molecule has 11 heavy (non-hydrogen) atoms. The smallest absolute Gasteiger partial charge is 0.423 e. The molecular formula is C8H9BO2. The van der Waals surface area contributed by atoms with Gasteiger partial charge in [0.05, 0.1) is 6.61 Å². The highest BCUT2D eigenvalue weighted by atomic mass is 16.5. The molecule has 0 spiro atoms. The zero-order valence-corrected chi connectivity index (χ0v) is 6.37. The van der Waals surface area contributed by atoms with Crippen molar-refractivity contribution in [1.29, 1.82) is 0 Å². The first kappa shape index (κ1) is 6.89. The third-order valence-corrected chi connectivity index (χ3v) is 2.10. The SMILES string of the molecule is Cc1cccc2c1COB2O. The Balaban J connectivity index is 2.57. The summed E-state index contributed by atoms with van der Waals surface area (Å²) in [5.41, 5.74) is 3.25. The van der Waals surface area contributed by atoms with Crippen LogP contribution >= 0.6 is 0 Å². The maximum atomic E-state index is 9.28. The fraction of sp³-hybridized carbons (Fsp3) is 0.250. The number of hydrogen-bond donors (Lipinski definition) is 1. The normalized spacial score (nSPS) is 15.3. The Labute approximate surface area is 66.0 Å². The highest BCUT2D eigenvalue weighted by Crippen LogP contribution is 2.13. The van der Waals surface area contributed by atoms with E-state index in [0.29, 0.717) is 6.61 Å². The van der Waals surface area contributed by atoms with Crippen molar-refractivity contribution in [2.45, 2.75) is 13.5 Å². The number of hydrogen-bond acceptors (Lipinski definition) is 2. The van der Waals surface area contributed by atoms with Crippen LogP contribution in [0.2, 0.25) is 0 Å². The van der Waals surface area contributed by atoms with E-state index in [9.17, 15) is 5.02 Å². The van der Waals surface area contributed by atoms with Gasteiger partial charge in [0.2, 0.25) is 0 Å². The first-order valence-electron chi connectivity index (χ1n) is 3.67. The average Bonchev–Trinajstić information content (AvgIpc) is 2.35. The van der Waals surface area contributed by atoms with Gasteiger partial charge in [0, 0.05) is 0 Å². The van der Waals surface area contributed by atoms with Gasteiger partial charge in [-0.2, -0.15) is 0 Å². The van der Waals surface area contributed by atoms with Crippen LogP contribution in [0.1, 0.15) is 11.1 Å². The molecule has 0 bridgehead atoms. The Morgan fingerprint density at radius 3 is 3.09 bits per heavy atom. The van der Waals surface area contributed by atoms with Crippen LogP contribution in [-0.2, 0) is 11.3 Å². The molecule has 0 saturated carbocycles. The van der Waals surface area contributed by atoms with E-state index < -0.39 is 7.12 Å². The molecule has 1 aliphatic rings. The molecule has 0 aliphatic carbocycles. The second-order valence-corrected chi connectivity index (χ2v) is 2.81. The summed E-state index contributed by atoms with van der Waals surface area (Å²) in [5, 5.41) is 9.28. The molecule has 3 heteroatoms. The molecule has 1 aromatic carbocycles. The molecule has 2 rings (SSSR count). The summed E-state index contributed by atoms with van der Waals surface area (Å²) in [5.74, 6) is 0. The van der Waals surface area contributed by atoms with Crippen molar-refractivity contribution in [2.24, 2.45) is 0 Å². The predicted molar refractivity (Wildman–Crippen MR) is 43.6 cm³/mol. The first-order chi connectivity index (χ1) is 5.29. The second-order valence-electron chi connectivity index (χ2n) is 2.81. The van der Waals surface area contributed by atoms with E-state index in [-0.39, 0.29) is 0 Å². The van der Waals surface area contributed by atoms with Crippen molar-refractivity contribution in [3.63, 3.8) is 0 Å². The molecule has 0 fully saturated rings. The largest absolute Gasteiger partial charge is 0.491 e. The Kier molecular flexibility index (Phi) is 1.48. The summed E-state index contributed by atoms with van der Waals surface area (Å²) < 4.78 is 5.06. The van der Waals surface area contributed by atoms with Gasteiger partial charge in [-0.1, -0.05) is 18.2 Å². The zero-order valence-electron chi connectivity index (χ0n) is 6.37. The van der Waals surface area contributed by atoms with E-state index in [2.05, 4.69) is 0 Å². The Morgan fingerprint density at radius 2 is 2.36 bits per heavy atom. The lowest BCUT2D eigenvalue weighted by molar-refractivity contribution is 0.275. The van der Waals surface area contributed by atoms with Gasteiger partial charge in [-0.25, -0.2) is 0 Å². The van der Waals surface area contributed by atoms with Crippen LogP contribution in [0.5, 0.6) is 0 Å². The number of rotatable bonds is 0. The minimum Gasteiger partial charge on any atom is -0.423 e. The van der Waals surface area contributed by atoms with Crippen LogP contribution in [0.3, 0.4) is 0 Å². The molecule has 1 N–H and O–H groups in total. The average molecular weight is 148 g/mol. The molecule has 0 amide bonds. The summed E-state index contributed by atoms with van der Waals surface area (Å²) in [6, 6.07) is 5.87. The quantitative estimate of drug-likeness (QED) is 0.533. The zero-order chi connectivity index (χ0) is 7.84.